The summed E-state index contributed by atoms with van der Waals surface area (Å²) in [4.78, 5) is 11.6. The number of halogens is 1. The molecule has 0 bridgehead atoms. The molecule has 0 N–H and O–H groups in total. The van der Waals surface area contributed by atoms with Gasteiger partial charge in [0.25, 0.3) is 0 Å². The zero-order valence-electron chi connectivity index (χ0n) is 12.4. The second-order valence-corrected chi connectivity index (χ2v) is 6.28. The molecule has 0 aromatic heterocycles. The van der Waals surface area contributed by atoms with E-state index in [1.807, 2.05) is 51.1 Å². The molecule has 0 heterocycles. The van der Waals surface area contributed by atoms with E-state index in [4.69, 9.17) is 9.47 Å². The number of hydrogen-bond donors (Lipinski definition) is 0. The van der Waals surface area contributed by atoms with Crippen LogP contribution in [0.1, 0.15) is 33.3 Å². The van der Waals surface area contributed by atoms with E-state index in [9.17, 15) is 4.79 Å². The van der Waals surface area contributed by atoms with Gasteiger partial charge in [0.15, 0.2) is 0 Å². The Hall–Kier alpha value is -1.29. The van der Waals surface area contributed by atoms with Crippen LogP contribution in [0.4, 0.5) is 0 Å². The molecule has 0 aliphatic rings. The topological polar surface area (TPSA) is 35.5 Å². The number of allylic oxidation sites excluding steroid dienone is 1. The number of hydrogen-bond acceptors (Lipinski definition) is 3. The highest BCUT2D eigenvalue weighted by atomic mass is 79.9. The lowest BCUT2D eigenvalue weighted by Crippen LogP contribution is -2.26. The third kappa shape index (κ3) is 5.78. The maximum Gasteiger partial charge on any atom is 0.310 e. The molecule has 110 valence electrons. The molecule has 1 aromatic carbocycles. The van der Waals surface area contributed by atoms with Crippen molar-refractivity contribution in [3.05, 3.63) is 40.4 Å². The van der Waals surface area contributed by atoms with Crippen LogP contribution in [0.5, 0.6) is 5.75 Å². The number of benzene rings is 1. The van der Waals surface area contributed by atoms with Crippen LogP contribution in [0.25, 0.3) is 0 Å². The van der Waals surface area contributed by atoms with Gasteiger partial charge >= 0.3 is 5.97 Å². The Morgan fingerprint density at radius 3 is 2.60 bits per heavy atom. The van der Waals surface area contributed by atoms with Gasteiger partial charge in [-0.2, -0.15) is 0 Å². The predicted molar refractivity (Wildman–Crippen MR) is 84.2 cm³/mol. The maximum absolute atomic E-state index is 11.6. The minimum atomic E-state index is -0.460. The fraction of sp³-hybridized carbons (Fsp3) is 0.438. The summed E-state index contributed by atoms with van der Waals surface area (Å²) >= 11 is 3.41. The molecule has 0 spiro atoms. The normalized spacial score (nSPS) is 12.2. The molecular weight excluding hydrogens is 320 g/mol. The van der Waals surface area contributed by atoms with E-state index in [0.29, 0.717) is 12.4 Å². The number of esters is 1. The minimum Gasteiger partial charge on any atom is -0.483 e. The van der Waals surface area contributed by atoms with Gasteiger partial charge in [0.05, 0.1) is 13.0 Å². The molecule has 0 saturated carbocycles. The Morgan fingerprint density at radius 2 is 2.00 bits per heavy atom. The number of carbonyl (C=O) groups is 1. The Bertz CT molecular complexity index is 488. The summed E-state index contributed by atoms with van der Waals surface area (Å²) in [6.07, 6.45) is 2.20. The Balaban J connectivity index is 2.90. The van der Waals surface area contributed by atoms with Crippen molar-refractivity contribution in [1.29, 1.82) is 0 Å². The van der Waals surface area contributed by atoms with Crippen LogP contribution in [0.3, 0.4) is 0 Å². The lowest BCUT2D eigenvalue weighted by Gasteiger charge is -2.25. The van der Waals surface area contributed by atoms with Crippen molar-refractivity contribution >= 4 is 21.9 Å². The number of carbonyl (C=O) groups excluding carboxylic acids is 1. The van der Waals surface area contributed by atoms with Crippen LogP contribution in [0.15, 0.2) is 34.8 Å². The van der Waals surface area contributed by atoms with Gasteiger partial charge in [-0.15, -0.1) is 0 Å². The molecule has 0 amide bonds. The molecule has 0 saturated heterocycles. The summed E-state index contributed by atoms with van der Waals surface area (Å²) in [5.41, 5.74) is 0.373. The standard InChI is InChI=1S/C16H21BrO3/c1-5-19-15(18)10-13-8-6-7-9-14(13)20-16(3,4)11-12(2)17/h6-9,11H,5,10H2,1-4H3/b12-11+. The molecule has 1 rings (SSSR count). The molecule has 20 heavy (non-hydrogen) atoms. The summed E-state index contributed by atoms with van der Waals surface area (Å²) in [6.45, 7) is 8.08. The van der Waals surface area contributed by atoms with Crippen LogP contribution in [-0.4, -0.2) is 18.2 Å². The number of ether oxygens (including phenoxy) is 2. The fourth-order valence-corrected chi connectivity index (χ4v) is 2.46. The highest BCUT2D eigenvalue weighted by molar-refractivity contribution is 9.11. The molecule has 4 heteroatoms. The molecule has 3 nitrogen and oxygen atoms in total. The molecule has 0 aliphatic carbocycles. The van der Waals surface area contributed by atoms with Crippen LogP contribution in [0.2, 0.25) is 0 Å². The molecule has 0 fully saturated rings. The van der Waals surface area contributed by atoms with Crippen molar-refractivity contribution in [3.8, 4) is 5.75 Å². The average Bonchev–Trinajstić information content (AvgIpc) is 2.29. The van der Waals surface area contributed by atoms with Crippen molar-refractivity contribution in [2.24, 2.45) is 0 Å². The van der Waals surface area contributed by atoms with E-state index in [0.717, 1.165) is 10.0 Å². The van der Waals surface area contributed by atoms with Crippen LogP contribution in [-0.2, 0) is 16.0 Å². The maximum atomic E-state index is 11.6. The van der Waals surface area contributed by atoms with Gasteiger partial charge in [-0.05, 0) is 44.3 Å². The highest BCUT2D eigenvalue weighted by Gasteiger charge is 2.19. The van der Waals surface area contributed by atoms with Gasteiger partial charge in [-0.25, -0.2) is 0 Å². The number of para-hydroxylation sites is 1. The van der Waals surface area contributed by atoms with E-state index in [2.05, 4.69) is 15.9 Å². The highest BCUT2D eigenvalue weighted by Crippen LogP contribution is 2.26. The monoisotopic (exact) mass is 340 g/mol. The summed E-state index contributed by atoms with van der Waals surface area (Å²) in [6, 6.07) is 7.53. The first kappa shape index (κ1) is 16.8. The zero-order chi connectivity index (χ0) is 15.2. The molecule has 1 aromatic rings. The van der Waals surface area contributed by atoms with Crippen LogP contribution in [0, 0.1) is 0 Å². The van der Waals surface area contributed by atoms with Crippen molar-refractivity contribution < 1.29 is 14.3 Å². The van der Waals surface area contributed by atoms with E-state index < -0.39 is 5.60 Å². The Labute approximate surface area is 129 Å². The first-order chi connectivity index (χ1) is 9.34. The third-order valence-corrected chi connectivity index (χ3v) is 2.76. The van der Waals surface area contributed by atoms with Crippen molar-refractivity contribution in [1.82, 2.24) is 0 Å². The smallest absolute Gasteiger partial charge is 0.310 e. The van der Waals surface area contributed by atoms with Gasteiger partial charge in [0.1, 0.15) is 11.4 Å². The third-order valence-electron chi connectivity index (χ3n) is 2.53. The van der Waals surface area contributed by atoms with Crippen molar-refractivity contribution in [2.75, 3.05) is 6.61 Å². The van der Waals surface area contributed by atoms with Crippen molar-refractivity contribution in [2.45, 2.75) is 39.7 Å². The first-order valence-corrected chi connectivity index (χ1v) is 7.41. The molecule has 0 radical (unpaired) electrons. The SMILES string of the molecule is CCOC(=O)Cc1ccccc1OC(C)(C)/C=C(\C)Br. The lowest BCUT2D eigenvalue weighted by atomic mass is 10.1. The Kier molecular flexibility index (Phi) is 6.27. The predicted octanol–water partition coefficient (Wildman–Crippen LogP) is 4.25. The van der Waals surface area contributed by atoms with E-state index >= 15 is 0 Å². The van der Waals surface area contributed by atoms with Gasteiger partial charge < -0.3 is 9.47 Å². The van der Waals surface area contributed by atoms with Crippen LogP contribution >= 0.6 is 15.9 Å². The van der Waals surface area contributed by atoms with Gasteiger partial charge in [-0.3, -0.25) is 4.79 Å². The summed E-state index contributed by atoms with van der Waals surface area (Å²) in [5, 5.41) is 0. The van der Waals surface area contributed by atoms with E-state index in [1.54, 1.807) is 6.92 Å². The van der Waals surface area contributed by atoms with Gasteiger partial charge in [-0.1, -0.05) is 34.1 Å². The molecule has 0 atom stereocenters. The lowest BCUT2D eigenvalue weighted by molar-refractivity contribution is -0.142. The van der Waals surface area contributed by atoms with E-state index in [-0.39, 0.29) is 12.4 Å². The molecule has 0 unspecified atom stereocenters. The van der Waals surface area contributed by atoms with Crippen LogP contribution < -0.4 is 4.74 Å². The van der Waals surface area contributed by atoms with Gasteiger partial charge in [0, 0.05) is 5.56 Å². The summed E-state index contributed by atoms with van der Waals surface area (Å²) in [7, 11) is 0. The molecule has 0 aliphatic heterocycles. The fourth-order valence-electron chi connectivity index (χ4n) is 1.91. The number of rotatable bonds is 6. The molecular formula is C16H21BrO3. The minimum absolute atomic E-state index is 0.219. The zero-order valence-corrected chi connectivity index (χ0v) is 14.0. The average molecular weight is 341 g/mol. The largest absolute Gasteiger partial charge is 0.483 e. The van der Waals surface area contributed by atoms with Gasteiger partial charge in [0.2, 0.25) is 0 Å². The van der Waals surface area contributed by atoms with Crippen molar-refractivity contribution in [3.63, 3.8) is 0 Å². The second-order valence-electron chi connectivity index (χ2n) is 5.03. The second kappa shape index (κ2) is 7.48. The first-order valence-electron chi connectivity index (χ1n) is 6.61. The summed E-state index contributed by atoms with van der Waals surface area (Å²) in [5.74, 6) is 0.462. The summed E-state index contributed by atoms with van der Waals surface area (Å²) < 4.78 is 12.0. The van der Waals surface area contributed by atoms with E-state index in [1.165, 1.54) is 0 Å². The quantitative estimate of drug-likeness (QED) is 0.726. The Morgan fingerprint density at radius 1 is 1.35 bits per heavy atom.